The molecular formula is C11H15N5O3S. The van der Waals surface area contributed by atoms with Crippen molar-refractivity contribution in [2.45, 2.75) is 24.8 Å². The molecule has 0 saturated heterocycles. The number of hydrazine groups is 1. The van der Waals surface area contributed by atoms with Gasteiger partial charge in [-0.1, -0.05) is 6.92 Å². The number of hydrogen-bond acceptors (Lipinski definition) is 7. The lowest BCUT2D eigenvalue weighted by Gasteiger charge is -2.09. The van der Waals surface area contributed by atoms with Gasteiger partial charge >= 0.3 is 0 Å². The van der Waals surface area contributed by atoms with Crippen molar-refractivity contribution in [3.8, 4) is 0 Å². The topological polar surface area (TPSA) is 123 Å². The molecule has 0 radical (unpaired) electrons. The van der Waals surface area contributed by atoms with Crippen LogP contribution >= 0.6 is 0 Å². The van der Waals surface area contributed by atoms with Crippen LogP contribution in [0.3, 0.4) is 0 Å². The molecular weight excluding hydrogens is 282 g/mol. The van der Waals surface area contributed by atoms with Gasteiger partial charge in [-0.2, -0.15) is 0 Å². The van der Waals surface area contributed by atoms with Crippen LogP contribution in [0.4, 0.5) is 5.69 Å². The highest BCUT2D eigenvalue weighted by Crippen LogP contribution is 2.18. The first kappa shape index (κ1) is 14.4. The van der Waals surface area contributed by atoms with Gasteiger partial charge in [-0.05, 0) is 6.07 Å². The zero-order valence-corrected chi connectivity index (χ0v) is 11.6. The average Bonchev–Trinajstić information content (AvgIpc) is 2.93. The summed E-state index contributed by atoms with van der Waals surface area (Å²) in [6.07, 6.45) is 4.92. The Morgan fingerprint density at radius 2 is 2.20 bits per heavy atom. The molecule has 108 valence electrons. The zero-order valence-electron chi connectivity index (χ0n) is 10.8. The smallest absolute Gasteiger partial charge is 0.244 e. The lowest BCUT2D eigenvalue weighted by molar-refractivity contribution is 0.452. The second-order valence-corrected chi connectivity index (χ2v) is 5.65. The van der Waals surface area contributed by atoms with Crippen LogP contribution in [0.5, 0.6) is 0 Å². The monoisotopic (exact) mass is 297 g/mol. The van der Waals surface area contributed by atoms with Gasteiger partial charge in [-0.3, -0.25) is 10.8 Å². The largest absolute Gasteiger partial charge is 0.444 e. The summed E-state index contributed by atoms with van der Waals surface area (Å²) in [5.74, 6) is 6.28. The number of nitrogens with one attached hydrogen (secondary N) is 2. The molecule has 4 N–H and O–H groups in total. The van der Waals surface area contributed by atoms with Crippen LogP contribution < -0.4 is 16.0 Å². The molecule has 2 heterocycles. The van der Waals surface area contributed by atoms with Crippen molar-refractivity contribution in [3.05, 3.63) is 36.3 Å². The van der Waals surface area contributed by atoms with Gasteiger partial charge in [-0.15, -0.1) is 0 Å². The molecule has 0 unspecified atom stereocenters. The normalized spacial score (nSPS) is 11.5. The predicted molar refractivity (Wildman–Crippen MR) is 72.0 cm³/mol. The Balaban J connectivity index is 2.15. The number of rotatable bonds is 6. The summed E-state index contributed by atoms with van der Waals surface area (Å²) in [5.41, 5.74) is 2.57. The van der Waals surface area contributed by atoms with Crippen molar-refractivity contribution in [1.82, 2.24) is 14.7 Å². The third-order valence-corrected chi connectivity index (χ3v) is 4.02. The number of nitrogens with zero attached hydrogens (tertiary/aromatic N) is 2. The van der Waals surface area contributed by atoms with E-state index in [1.165, 1.54) is 18.5 Å². The van der Waals surface area contributed by atoms with Gasteiger partial charge in [0.2, 0.25) is 15.9 Å². The molecule has 0 bridgehead atoms. The van der Waals surface area contributed by atoms with Crippen molar-refractivity contribution >= 4 is 15.7 Å². The van der Waals surface area contributed by atoms with E-state index in [-0.39, 0.29) is 17.1 Å². The van der Waals surface area contributed by atoms with E-state index in [4.69, 9.17) is 10.3 Å². The van der Waals surface area contributed by atoms with Crippen molar-refractivity contribution in [3.63, 3.8) is 0 Å². The van der Waals surface area contributed by atoms with E-state index >= 15 is 0 Å². The van der Waals surface area contributed by atoms with Gasteiger partial charge in [0.25, 0.3) is 0 Å². The van der Waals surface area contributed by atoms with Crippen molar-refractivity contribution < 1.29 is 12.8 Å². The van der Waals surface area contributed by atoms with Crippen molar-refractivity contribution in [2.24, 2.45) is 5.84 Å². The lowest BCUT2D eigenvalue weighted by Crippen LogP contribution is -2.25. The van der Waals surface area contributed by atoms with E-state index in [1.807, 2.05) is 6.92 Å². The van der Waals surface area contributed by atoms with Crippen LogP contribution in [0.2, 0.25) is 0 Å². The van der Waals surface area contributed by atoms with Crippen molar-refractivity contribution in [2.75, 3.05) is 5.43 Å². The van der Waals surface area contributed by atoms with E-state index < -0.39 is 10.0 Å². The van der Waals surface area contributed by atoms with Gasteiger partial charge < -0.3 is 9.84 Å². The van der Waals surface area contributed by atoms with Gasteiger partial charge in [0.1, 0.15) is 10.7 Å². The molecule has 8 nitrogen and oxygen atoms in total. The van der Waals surface area contributed by atoms with E-state index in [1.54, 1.807) is 6.20 Å². The van der Waals surface area contributed by atoms with Gasteiger partial charge in [0, 0.05) is 18.8 Å². The second kappa shape index (κ2) is 5.99. The summed E-state index contributed by atoms with van der Waals surface area (Å²) in [7, 11) is -3.75. The predicted octanol–water partition coefficient (Wildman–Crippen LogP) is 0.396. The van der Waals surface area contributed by atoms with Crippen LogP contribution in [-0.2, 0) is 23.0 Å². The van der Waals surface area contributed by atoms with Gasteiger partial charge in [-0.25, -0.2) is 18.1 Å². The summed E-state index contributed by atoms with van der Waals surface area (Å²) in [4.78, 5) is 7.72. The summed E-state index contributed by atoms with van der Waals surface area (Å²) >= 11 is 0. The second-order valence-electron chi connectivity index (χ2n) is 3.91. The molecule has 0 amide bonds. The maximum atomic E-state index is 12.1. The Morgan fingerprint density at radius 1 is 1.40 bits per heavy atom. The molecule has 2 aromatic rings. The summed E-state index contributed by atoms with van der Waals surface area (Å²) < 4.78 is 32.0. The minimum Gasteiger partial charge on any atom is -0.444 e. The zero-order chi connectivity index (χ0) is 14.6. The SMILES string of the molecule is CCc1cnc(CNS(=O)(=O)c2cnccc2NN)o1. The fourth-order valence-corrected chi connectivity index (χ4v) is 2.63. The number of hydrogen-bond donors (Lipinski definition) is 3. The fraction of sp³-hybridized carbons (Fsp3) is 0.273. The lowest BCUT2D eigenvalue weighted by atomic mass is 10.4. The molecule has 0 aliphatic rings. The highest BCUT2D eigenvalue weighted by molar-refractivity contribution is 7.89. The Morgan fingerprint density at radius 3 is 2.85 bits per heavy atom. The number of anilines is 1. The van der Waals surface area contributed by atoms with Crippen LogP contribution in [-0.4, -0.2) is 18.4 Å². The molecule has 0 aliphatic carbocycles. The first-order valence-electron chi connectivity index (χ1n) is 5.90. The number of nitrogens with two attached hydrogens (primary N) is 1. The van der Waals surface area contributed by atoms with E-state index in [0.717, 1.165) is 0 Å². The first-order chi connectivity index (χ1) is 9.56. The van der Waals surface area contributed by atoms with Crippen LogP contribution in [0.25, 0.3) is 0 Å². The third kappa shape index (κ3) is 3.13. The maximum Gasteiger partial charge on any atom is 0.244 e. The number of oxazole rings is 1. The minimum absolute atomic E-state index is 0.0372. The standard InChI is InChI=1S/C11H15N5O3S/c1-2-8-5-14-11(19-8)7-15-20(17,18)10-6-13-4-3-9(10)16-12/h3-6,15H,2,7,12H2,1H3,(H,13,16). The molecule has 9 heteroatoms. The quantitative estimate of drug-likeness (QED) is 0.520. The van der Waals surface area contributed by atoms with E-state index in [0.29, 0.717) is 18.1 Å². The fourth-order valence-electron chi connectivity index (χ4n) is 1.54. The summed E-state index contributed by atoms with van der Waals surface area (Å²) in [6, 6.07) is 1.47. The average molecular weight is 297 g/mol. The molecule has 2 aromatic heterocycles. The van der Waals surface area contributed by atoms with Crippen LogP contribution in [0, 0.1) is 0 Å². The molecule has 0 aromatic carbocycles. The number of sulfonamides is 1. The molecule has 0 atom stereocenters. The Bertz CT molecular complexity index is 683. The number of aryl methyl sites for hydroxylation is 1. The number of aromatic nitrogens is 2. The Kier molecular flexibility index (Phi) is 4.32. The van der Waals surface area contributed by atoms with Gasteiger partial charge in [0.05, 0.1) is 18.4 Å². The van der Waals surface area contributed by atoms with E-state index in [2.05, 4.69) is 20.1 Å². The molecule has 0 saturated carbocycles. The van der Waals surface area contributed by atoms with Crippen molar-refractivity contribution in [1.29, 1.82) is 0 Å². The molecule has 0 fully saturated rings. The summed E-state index contributed by atoms with van der Waals surface area (Å²) in [5, 5.41) is 0. The molecule has 20 heavy (non-hydrogen) atoms. The van der Waals surface area contributed by atoms with Crippen LogP contribution in [0.15, 0.2) is 34.0 Å². The Hall–Kier alpha value is -1.97. The first-order valence-corrected chi connectivity index (χ1v) is 7.39. The highest BCUT2D eigenvalue weighted by Gasteiger charge is 2.19. The maximum absolute atomic E-state index is 12.1. The molecule has 2 rings (SSSR count). The van der Waals surface area contributed by atoms with Gasteiger partial charge in [0.15, 0.2) is 0 Å². The van der Waals surface area contributed by atoms with Crippen LogP contribution in [0.1, 0.15) is 18.6 Å². The molecule has 0 aliphatic heterocycles. The highest BCUT2D eigenvalue weighted by atomic mass is 32.2. The van der Waals surface area contributed by atoms with E-state index in [9.17, 15) is 8.42 Å². The number of pyridine rings is 1. The third-order valence-electron chi connectivity index (χ3n) is 2.59. The Labute approximate surface area is 116 Å². The number of nitrogen functional groups attached to an aromatic ring is 1. The molecule has 0 spiro atoms. The minimum atomic E-state index is -3.75. The summed E-state index contributed by atoms with van der Waals surface area (Å²) in [6.45, 7) is 1.88.